The van der Waals surface area contributed by atoms with Crippen LogP contribution in [0.1, 0.15) is 22.9 Å². The van der Waals surface area contributed by atoms with Crippen molar-refractivity contribution >= 4 is 32.2 Å². The third-order valence-corrected chi connectivity index (χ3v) is 5.84. The van der Waals surface area contributed by atoms with Crippen molar-refractivity contribution in [1.29, 1.82) is 0 Å². The number of halogens is 3. The van der Waals surface area contributed by atoms with E-state index in [0.717, 1.165) is 29.7 Å². The minimum absolute atomic E-state index is 0.197. The molecule has 0 fully saturated rings. The first-order valence-electron chi connectivity index (χ1n) is 7.07. The zero-order chi connectivity index (χ0) is 18.8. The fraction of sp³-hybridized carbons (Fsp3) is 0.333. The van der Waals surface area contributed by atoms with E-state index < -0.39 is 32.7 Å². The number of hydrogen-bond acceptors (Lipinski definition) is 5. The van der Waals surface area contributed by atoms with Crippen LogP contribution >= 0.6 is 11.3 Å². The molecule has 136 valence electrons. The van der Waals surface area contributed by atoms with Crippen molar-refractivity contribution in [3.63, 3.8) is 0 Å². The molecule has 0 radical (unpaired) electrons. The van der Waals surface area contributed by atoms with Gasteiger partial charge in [-0.1, -0.05) is 18.2 Å². The summed E-state index contributed by atoms with van der Waals surface area (Å²) in [5.74, 6) is -0.706. The Morgan fingerprint density at radius 3 is 2.64 bits per heavy atom. The molecule has 1 aromatic heterocycles. The molecule has 1 amide bonds. The SMILES string of the molecule is CC(C(=O)Nc1ncc(Cc2cccc(C(F)(F)F)c2)s1)S(C)(=O)=O. The van der Waals surface area contributed by atoms with E-state index in [9.17, 15) is 26.4 Å². The van der Waals surface area contributed by atoms with Crippen LogP contribution in [0.4, 0.5) is 18.3 Å². The molecular weight excluding hydrogens is 377 g/mol. The number of anilines is 1. The summed E-state index contributed by atoms with van der Waals surface area (Å²) >= 11 is 1.08. The topological polar surface area (TPSA) is 76.1 Å². The molecule has 10 heteroatoms. The van der Waals surface area contributed by atoms with Crippen LogP contribution in [0, 0.1) is 0 Å². The minimum Gasteiger partial charge on any atom is -0.301 e. The summed E-state index contributed by atoms with van der Waals surface area (Å²) in [4.78, 5) is 16.4. The second-order valence-electron chi connectivity index (χ2n) is 5.47. The van der Waals surface area contributed by atoms with Crippen molar-refractivity contribution in [3.8, 4) is 0 Å². The summed E-state index contributed by atoms with van der Waals surface area (Å²) in [6.45, 7) is 1.27. The first-order chi connectivity index (χ1) is 11.5. The third kappa shape index (κ3) is 5.27. The molecule has 0 aliphatic carbocycles. The molecule has 1 unspecified atom stereocenters. The number of amides is 1. The van der Waals surface area contributed by atoms with E-state index in [2.05, 4.69) is 10.3 Å². The second-order valence-corrected chi connectivity index (χ2v) is 8.95. The van der Waals surface area contributed by atoms with Gasteiger partial charge in [0.15, 0.2) is 15.0 Å². The summed E-state index contributed by atoms with van der Waals surface area (Å²) in [6, 6.07) is 4.95. The van der Waals surface area contributed by atoms with Gasteiger partial charge in [0.05, 0.1) is 5.56 Å². The number of hydrogen-bond donors (Lipinski definition) is 1. The Morgan fingerprint density at radius 2 is 2.04 bits per heavy atom. The number of alkyl halides is 3. The summed E-state index contributed by atoms with van der Waals surface area (Å²) in [7, 11) is -3.52. The Morgan fingerprint density at radius 1 is 1.36 bits per heavy atom. The lowest BCUT2D eigenvalue weighted by molar-refractivity contribution is -0.137. The van der Waals surface area contributed by atoms with Gasteiger partial charge < -0.3 is 5.32 Å². The molecule has 2 aromatic rings. The highest BCUT2D eigenvalue weighted by molar-refractivity contribution is 7.92. The third-order valence-electron chi connectivity index (χ3n) is 3.43. The Balaban J connectivity index is 2.09. The van der Waals surface area contributed by atoms with E-state index in [1.807, 2.05) is 0 Å². The molecule has 0 saturated heterocycles. The number of sulfone groups is 1. The molecule has 0 aliphatic rings. The molecule has 0 aliphatic heterocycles. The van der Waals surface area contributed by atoms with Gasteiger partial charge in [-0.3, -0.25) is 4.79 Å². The van der Waals surface area contributed by atoms with Crippen LogP contribution in [0.25, 0.3) is 0 Å². The Labute approximate surface area is 146 Å². The highest BCUT2D eigenvalue weighted by atomic mass is 32.2. The number of nitrogens with one attached hydrogen (secondary N) is 1. The highest BCUT2D eigenvalue weighted by Gasteiger charge is 2.30. The average molecular weight is 392 g/mol. The van der Waals surface area contributed by atoms with Crippen LogP contribution in [0.15, 0.2) is 30.5 Å². The molecule has 1 N–H and O–H groups in total. The van der Waals surface area contributed by atoms with Gasteiger partial charge in [-0.25, -0.2) is 13.4 Å². The van der Waals surface area contributed by atoms with Crippen molar-refractivity contribution < 1.29 is 26.4 Å². The van der Waals surface area contributed by atoms with Crippen LogP contribution in [0.5, 0.6) is 0 Å². The van der Waals surface area contributed by atoms with Crippen LogP contribution < -0.4 is 5.32 Å². The monoisotopic (exact) mass is 392 g/mol. The maximum Gasteiger partial charge on any atom is 0.416 e. The largest absolute Gasteiger partial charge is 0.416 e. The predicted octanol–water partition coefficient (Wildman–Crippen LogP) is 3.12. The molecule has 1 atom stereocenters. The quantitative estimate of drug-likeness (QED) is 0.848. The first-order valence-corrected chi connectivity index (χ1v) is 9.84. The number of benzene rings is 1. The van der Waals surface area contributed by atoms with Gasteiger partial charge in [0, 0.05) is 23.8 Å². The van der Waals surface area contributed by atoms with Gasteiger partial charge >= 0.3 is 6.18 Å². The van der Waals surface area contributed by atoms with Crippen molar-refractivity contribution in [2.45, 2.75) is 24.8 Å². The molecule has 1 aromatic carbocycles. The number of carbonyl (C=O) groups excluding carboxylic acids is 1. The fourth-order valence-electron chi connectivity index (χ4n) is 1.91. The smallest absolute Gasteiger partial charge is 0.301 e. The summed E-state index contributed by atoms with van der Waals surface area (Å²) in [6.07, 6.45) is -1.80. The molecule has 2 rings (SSSR count). The Kier molecular flexibility index (Phi) is 5.52. The van der Waals surface area contributed by atoms with Crippen LogP contribution in [-0.4, -0.2) is 30.8 Å². The van der Waals surface area contributed by atoms with E-state index in [0.29, 0.717) is 10.4 Å². The van der Waals surface area contributed by atoms with Crippen molar-refractivity contribution in [3.05, 3.63) is 46.5 Å². The zero-order valence-electron chi connectivity index (χ0n) is 13.3. The fourth-order valence-corrected chi connectivity index (χ4v) is 3.20. The highest BCUT2D eigenvalue weighted by Crippen LogP contribution is 2.30. The van der Waals surface area contributed by atoms with Gasteiger partial charge in [0.2, 0.25) is 5.91 Å². The predicted molar refractivity (Wildman–Crippen MR) is 89.3 cm³/mol. The van der Waals surface area contributed by atoms with E-state index in [1.165, 1.54) is 19.2 Å². The summed E-state index contributed by atoms with van der Waals surface area (Å²) in [5, 5.41) is 1.38. The van der Waals surface area contributed by atoms with Crippen molar-refractivity contribution in [2.24, 2.45) is 0 Å². The number of rotatable bonds is 5. The summed E-state index contributed by atoms with van der Waals surface area (Å²) < 4.78 is 60.9. The molecule has 5 nitrogen and oxygen atoms in total. The van der Waals surface area contributed by atoms with E-state index in [1.54, 1.807) is 6.07 Å². The molecular formula is C15H15F3N2O3S2. The van der Waals surface area contributed by atoms with Crippen molar-refractivity contribution in [1.82, 2.24) is 4.98 Å². The zero-order valence-corrected chi connectivity index (χ0v) is 14.9. The maximum atomic E-state index is 12.7. The lowest BCUT2D eigenvalue weighted by Crippen LogP contribution is -2.31. The Bertz CT molecular complexity index is 876. The lowest BCUT2D eigenvalue weighted by atomic mass is 10.1. The molecule has 1 heterocycles. The van der Waals surface area contributed by atoms with Crippen LogP contribution in [0.2, 0.25) is 0 Å². The molecule has 0 bridgehead atoms. The first kappa shape index (κ1) is 19.4. The average Bonchev–Trinajstić information content (AvgIpc) is 2.92. The maximum absolute atomic E-state index is 12.7. The Hall–Kier alpha value is -1.94. The summed E-state index contributed by atoms with van der Waals surface area (Å²) in [5.41, 5.74) is -0.272. The minimum atomic E-state index is -4.41. The second kappa shape index (κ2) is 7.12. The van der Waals surface area contributed by atoms with Gasteiger partial charge in [-0.2, -0.15) is 13.2 Å². The van der Waals surface area contributed by atoms with Gasteiger partial charge in [-0.05, 0) is 18.6 Å². The molecule has 0 spiro atoms. The number of carbonyl (C=O) groups is 1. The van der Waals surface area contributed by atoms with E-state index in [-0.39, 0.29) is 11.6 Å². The van der Waals surface area contributed by atoms with E-state index >= 15 is 0 Å². The standard InChI is InChI=1S/C15H15F3N2O3S2/c1-9(25(2,22)23)13(21)20-14-19-8-12(24-14)7-10-4-3-5-11(6-10)15(16,17)18/h3-6,8-9H,7H2,1-2H3,(H,19,20,21). The normalized spacial score (nSPS) is 13.5. The van der Waals surface area contributed by atoms with Crippen molar-refractivity contribution in [2.75, 3.05) is 11.6 Å². The van der Waals surface area contributed by atoms with Crippen LogP contribution in [0.3, 0.4) is 0 Å². The van der Waals surface area contributed by atoms with E-state index in [4.69, 9.17) is 0 Å². The van der Waals surface area contributed by atoms with Gasteiger partial charge in [0.25, 0.3) is 0 Å². The number of thiazole rings is 1. The number of aromatic nitrogens is 1. The van der Waals surface area contributed by atoms with Gasteiger partial charge in [0.1, 0.15) is 5.25 Å². The number of nitrogens with zero attached hydrogens (tertiary/aromatic N) is 1. The lowest BCUT2D eigenvalue weighted by Gasteiger charge is -2.08. The molecule has 0 saturated carbocycles. The van der Waals surface area contributed by atoms with Gasteiger partial charge in [-0.15, -0.1) is 11.3 Å². The van der Waals surface area contributed by atoms with Crippen LogP contribution in [-0.2, 0) is 27.2 Å². The molecule has 25 heavy (non-hydrogen) atoms.